The van der Waals surface area contributed by atoms with Crippen molar-refractivity contribution >= 4 is 5.91 Å². The van der Waals surface area contributed by atoms with Gasteiger partial charge in [-0.15, -0.1) is 5.92 Å². The highest BCUT2D eigenvalue weighted by molar-refractivity contribution is 5.79. The Labute approximate surface area is 66.1 Å². The van der Waals surface area contributed by atoms with Crippen LogP contribution in [0.1, 0.15) is 6.92 Å². The second-order valence-electron chi connectivity index (χ2n) is 2.38. The molecular weight excluding hydrogens is 142 g/mol. The number of rotatable bonds is 2. The Kier molecular flexibility index (Phi) is 2.94. The first-order valence-corrected chi connectivity index (χ1v) is 3.59. The minimum atomic E-state index is 0.0546. The summed E-state index contributed by atoms with van der Waals surface area (Å²) in [6.45, 7) is 3.32. The molecule has 0 aromatic carbocycles. The van der Waals surface area contributed by atoms with Gasteiger partial charge in [-0.3, -0.25) is 4.79 Å². The Morgan fingerprint density at radius 1 is 1.73 bits per heavy atom. The van der Waals surface area contributed by atoms with Crippen molar-refractivity contribution in [3.63, 3.8) is 0 Å². The third kappa shape index (κ3) is 2.24. The van der Waals surface area contributed by atoms with E-state index in [1.807, 2.05) is 0 Å². The molecule has 1 N–H and O–H groups in total. The van der Waals surface area contributed by atoms with Crippen molar-refractivity contribution < 1.29 is 9.53 Å². The second-order valence-corrected chi connectivity index (χ2v) is 2.38. The third-order valence-electron chi connectivity index (χ3n) is 1.54. The zero-order chi connectivity index (χ0) is 8.10. The Morgan fingerprint density at radius 3 is 2.91 bits per heavy atom. The maximum Gasteiger partial charge on any atom is 0.228 e. The molecule has 0 aromatic rings. The average Bonchev–Trinajstić information content (AvgIpc) is 1.84. The SMILES string of the molecule is CC#CCNC(=O)C1COC1. The molecule has 1 saturated heterocycles. The summed E-state index contributed by atoms with van der Waals surface area (Å²) in [7, 11) is 0. The lowest BCUT2D eigenvalue weighted by Gasteiger charge is -2.24. The smallest absolute Gasteiger partial charge is 0.228 e. The minimum absolute atomic E-state index is 0.0546. The van der Waals surface area contributed by atoms with E-state index in [2.05, 4.69) is 17.2 Å². The quantitative estimate of drug-likeness (QED) is 0.557. The minimum Gasteiger partial charge on any atom is -0.380 e. The number of carbonyl (C=O) groups excluding carboxylic acids is 1. The topological polar surface area (TPSA) is 38.3 Å². The molecule has 0 saturated carbocycles. The standard InChI is InChI=1S/C8H11NO2/c1-2-3-4-9-8(10)7-5-11-6-7/h7H,4-6H2,1H3,(H,9,10). The predicted octanol–water partition coefficient (Wildman–Crippen LogP) is -0.228. The molecule has 0 spiro atoms. The van der Waals surface area contributed by atoms with Crippen LogP contribution in [0.15, 0.2) is 0 Å². The van der Waals surface area contributed by atoms with Crippen LogP contribution in [-0.2, 0) is 9.53 Å². The second kappa shape index (κ2) is 3.99. The Balaban J connectivity index is 2.13. The van der Waals surface area contributed by atoms with Crippen LogP contribution < -0.4 is 5.32 Å². The summed E-state index contributed by atoms with van der Waals surface area (Å²) in [5.41, 5.74) is 0. The van der Waals surface area contributed by atoms with E-state index in [4.69, 9.17) is 4.74 Å². The molecular formula is C8H11NO2. The van der Waals surface area contributed by atoms with Crippen molar-refractivity contribution in [3.8, 4) is 11.8 Å². The van der Waals surface area contributed by atoms with E-state index in [1.165, 1.54) is 0 Å². The van der Waals surface area contributed by atoms with Crippen molar-refractivity contribution in [2.45, 2.75) is 6.92 Å². The molecule has 3 heteroatoms. The molecule has 1 aliphatic rings. The number of amides is 1. The number of hydrogen-bond donors (Lipinski definition) is 1. The number of carbonyl (C=O) groups is 1. The Hall–Kier alpha value is -1.01. The van der Waals surface area contributed by atoms with E-state index in [1.54, 1.807) is 6.92 Å². The van der Waals surface area contributed by atoms with Gasteiger partial charge >= 0.3 is 0 Å². The molecule has 1 amide bonds. The lowest BCUT2D eigenvalue weighted by Crippen LogP contribution is -2.42. The molecule has 1 heterocycles. The molecule has 1 fully saturated rings. The monoisotopic (exact) mass is 153 g/mol. The van der Waals surface area contributed by atoms with E-state index in [0.29, 0.717) is 19.8 Å². The summed E-state index contributed by atoms with van der Waals surface area (Å²) < 4.78 is 4.87. The summed E-state index contributed by atoms with van der Waals surface area (Å²) in [5, 5.41) is 2.69. The number of hydrogen-bond acceptors (Lipinski definition) is 2. The lowest BCUT2D eigenvalue weighted by molar-refractivity contribution is -0.138. The van der Waals surface area contributed by atoms with E-state index in [0.717, 1.165) is 0 Å². The van der Waals surface area contributed by atoms with Crippen LogP contribution in [0.4, 0.5) is 0 Å². The highest BCUT2D eigenvalue weighted by Gasteiger charge is 2.25. The number of nitrogens with one attached hydrogen (secondary N) is 1. The van der Waals surface area contributed by atoms with Crippen LogP contribution in [0.2, 0.25) is 0 Å². The highest BCUT2D eigenvalue weighted by atomic mass is 16.5. The van der Waals surface area contributed by atoms with Gasteiger partial charge in [-0.2, -0.15) is 0 Å². The van der Waals surface area contributed by atoms with E-state index in [-0.39, 0.29) is 11.8 Å². The summed E-state index contributed by atoms with van der Waals surface area (Å²) >= 11 is 0. The van der Waals surface area contributed by atoms with Gasteiger partial charge in [0.05, 0.1) is 25.7 Å². The molecule has 0 bridgehead atoms. The van der Waals surface area contributed by atoms with Gasteiger partial charge in [0, 0.05) is 0 Å². The molecule has 0 unspecified atom stereocenters. The molecule has 1 aliphatic heterocycles. The summed E-state index contributed by atoms with van der Waals surface area (Å²) in [6.07, 6.45) is 0. The molecule has 60 valence electrons. The van der Waals surface area contributed by atoms with Crippen LogP contribution >= 0.6 is 0 Å². The zero-order valence-corrected chi connectivity index (χ0v) is 6.52. The van der Waals surface area contributed by atoms with Gasteiger partial charge in [0.25, 0.3) is 0 Å². The molecule has 11 heavy (non-hydrogen) atoms. The van der Waals surface area contributed by atoms with Gasteiger partial charge in [0.1, 0.15) is 0 Å². The summed E-state index contributed by atoms with van der Waals surface area (Å²) in [4.78, 5) is 11.0. The van der Waals surface area contributed by atoms with Gasteiger partial charge in [-0.1, -0.05) is 5.92 Å². The number of ether oxygens (including phenoxy) is 1. The van der Waals surface area contributed by atoms with E-state index >= 15 is 0 Å². The molecule has 1 rings (SSSR count). The van der Waals surface area contributed by atoms with Gasteiger partial charge in [-0.25, -0.2) is 0 Å². The molecule has 0 atom stereocenters. The summed E-state index contributed by atoms with van der Waals surface area (Å²) in [6, 6.07) is 0. The fraction of sp³-hybridized carbons (Fsp3) is 0.625. The molecule has 0 aliphatic carbocycles. The van der Waals surface area contributed by atoms with Crippen LogP contribution in [0, 0.1) is 17.8 Å². The van der Waals surface area contributed by atoms with Gasteiger partial charge in [0.15, 0.2) is 0 Å². The maximum atomic E-state index is 11.0. The largest absolute Gasteiger partial charge is 0.380 e. The Morgan fingerprint density at radius 2 is 2.45 bits per heavy atom. The van der Waals surface area contributed by atoms with Gasteiger partial charge < -0.3 is 10.1 Å². The fourth-order valence-electron chi connectivity index (χ4n) is 0.751. The van der Waals surface area contributed by atoms with Crippen molar-refractivity contribution in [3.05, 3.63) is 0 Å². The first-order valence-electron chi connectivity index (χ1n) is 3.59. The van der Waals surface area contributed by atoms with Crippen molar-refractivity contribution in [1.29, 1.82) is 0 Å². The molecule has 0 radical (unpaired) electrons. The first kappa shape index (κ1) is 8.09. The van der Waals surface area contributed by atoms with E-state index < -0.39 is 0 Å². The fourth-order valence-corrected chi connectivity index (χ4v) is 0.751. The van der Waals surface area contributed by atoms with Gasteiger partial charge in [0.2, 0.25) is 5.91 Å². The average molecular weight is 153 g/mol. The Bertz CT molecular complexity index is 198. The van der Waals surface area contributed by atoms with E-state index in [9.17, 15) is 4.79 Å². The van der Waals surface area contributed by atoms with Crippen LogP contribution in [0.25, 0.3) is 0 Å². The zero-order valence-electron chi connectivity index (χ0n) is 6.52. The predicted molar refractivity (Wildman–Crippen MR) is 40.8 cm³/mol. The lowest BCUT2D eigenvalue weighted by atomic mass is 10.1. The van der Waals surface area contributed by atoms with Crippen molar-refractivity contribution in [2.24, 2.45) is 5.92 Å². The first-order chi connectivity index (χ1) is 5.34. The third-order valence-corrected chi connectivity index (χ3v) is 1.54. The van der Waals surface area contributed by atoms with Crippen molar-refractivity contribution in [2.75, 3.05) is 19.8 Å². The normalized spacial score (nSPS) is 16.1. The molecule has 0 aromatic heterocycles. The maximum absolute atomic E-state index is 11.0. The highest BCUT2D eigenvalue weighted by Crippen LogP contribution is 2.08. The van der Waals surface area contributed by atoms with Crippen LogP contribution in [0.3, 0.4) is 0 Å². The summed E-state index contributed by atoms with van der Waals surface area (Å²) in [5.74, 6) is 5.58. The van der Waals surface area contributed by atoms with Gasteiger partial charge in [-0.05, 0) is 6.92 Å². The van der Waals surface area contributed by atoms with Crippen LogP contribution in [0.5, 0.6) is 0 Å². The van der Waals surface area contributed by atoms with Crippen molar-refractivity contribution in [1.82, 2.24) is 5.32 Å². The molecule has 3 nitrogen and oxygen atoms in total. The van der Waals surface area contributed by atoms with Crippen LogP contribution in [-0.4, -0.2) is 25.7 Å².